The van der Waals surface area contributed by atoms with Crippen molar-refractivity contribution >= 4 is 23.5 Å². The maximum Gasteiger partial charge on any atom is 0.274 e. The number of aromatic nitrogens is 1. The summed E-state index contributed by atoms with van der Waals surface area (Å²) in [6.45, 7) is 3.93. The van der Waals surface area contributed by atoms with E-state index < -0.39 is 17.3 Å². The van der Waals surface area contributed by atoms with Gasteiger partial charge in [0.15, 0.2) is 5.96 Å². The van der Waals surface area contributed by atoms with Gasteiger partial charge >= 0.3 is 0 Å². The van der Waals surface area contributed by atoms with Gasteiger partial charge in [0.1, 0.15) is 23.9 Å². The number of allylic oxidation sites excluding steroid dienone is 1. The molecule has 2 aromatic rings. The van der Waals surface area contributed by atoms with Gasteiger partial charge in [0.25, 0.3) is 5.91 Å². The minimum atomic E-state index is -1.18. The molecule has 1 aliphatic heterocycles. The molecule has 1 unspecified atom stereocenters. The first kappa shape index (κ1) is 21.9. The van der Waals surface area contributed by atoms with Gasteiger partial charge < -0.3 is 15.8 Å². The van der Waals surface area contributed by atoms with E-state index in [1.807, 2.05) is 19.1 Å². The van der Waals surface area contributed by atoms with Gasteiger partial charge in [-0.15, -0.1) is 0 Å². The van der Waals surface area contributed by atoms with E-state index in [-0.39, 0.29) is 29.5 Å². The fraction of sp³-hybridized carbons (Fsp3) is 0.273. The minimum absolute atomic E-state index is 0.00789. The van der Waals surface area contributed by atoms with E-state index in [0.717, 1.165) is 0 Å². The second-order valence-electron chi connectivity index (χ2n) is 7.28. The quantitative estimate of drug-likeness (QED) is 0.692. The predicted molar refractivity (Wildman–Crippen MR) is 115 cm³/mol. The number of carbonyl (C=O) groups is 2. The van der Waals surface area contributed by atoms with Crippen molar-refractivity contribution in [3.05, 3.63) is 65.8 Å². The van der Waals surface area contributed by atoms with Gasteiger partial charge in [-0.25, -0.2) is 14.4 Å². The SMILES string of the molecule is C/C=C/COc1ccc(C(=O)Nc2ccc(F)c(C3(C)CC(=O)N(C)C(N)=N3)c2)nc1. The van der Waals surface area contributed by atoms with Crippen molar-refractivity contribution in [2.24, 2.45) is 10.7 Å². The van der Waals surface area contributed by atoms with E-state index in [1.54, 1.807) is 13.0 Å². The van der Waals surface area contributed by atoms with Crippen LogP contribution in [0.15, 0.2) is 53.7 Å². The zero-order valence-corrected chi connectivity index (χ0v) is 17.6. The average Bonchev–Trinajstić information content (AvgIpc) is 2.74. The fourth-order valence-corrected chi connectivity index (χ4v) is 3.12. The molecule has 0 spiro atoms. The lowest BCUT2D eigenvalue weighted by atomic mass is 9.87. The third-order valence-electron chi connectivity index (χ3n) is 4.93. The fourth-order valence-electron chi connectivity index (χ4n) is 3.12. The van der Waals surface area contributed by atoms with Crippen molar-refractivity contribution in [2.75, 3.05) is 19.0 Å². The second-order valence-corrected chi connectivity index (χ2v) is 7.28. The van der Waals surface area contributed by atoms with Crippen LogP contribution in [0, 0.1) is 5.82 Å². The number of nitrogens with one attached hydrogen (secondary N) is 1. The Balaban J connectivity index is 1.79. The highest BCUT2D eigenvalue weighted by Gasteiger charge is 2.38. The standard InChI is InChI=1S/C22H24FN5O3/c1-4-5-10-31-15-7-9-18(25-13-15)20(30)26-14-6-8-17(23)16(11-14)22(2)12-19(29)28(3)21(24)27-22/h4-9,11,13H,10,12H2,1-3H3,(H2,24,27)(H,26,30)/b5-4+. The number of benzene rings is 1. The molecule has 0 bridgehead atoms. The topological polar surface area (TPSA) is 110 Å². The molecule has 8 nitrogen and oxygen atoms in total. The molecule has 2 heterocycles. The number of aliphatic imine (C=N–C) groups is 1. The third-order valence-corrected chi connectivity index (χ3v) is 4.93. The van der Waals surface area contributed by atoms with E-state index in [2.05, 4.69) is 15.3 Å². The number of nitrogens with zero attached hydrogens (tertiary/aromatic N) is 3. The number of ether oxygens (including phenoxy) is 1. The Morgan fingerprint density at radius 2 is 2.16 bits per heavy atom. The number of anilines is 1. The number of guanidine groups is 1. The molecule has 1 aromatic heterocycles. The van der Waals surface area contributed by atoms with Crippen LogP contribution in [0.3, 0.4) is 0 Å². The summed E-state index contributed by atoms with van der Waals surface area (Å²) in [5.74, 6) is -0.743. The lowest BCUT2D eigenvalue weighted by Gasteiger charge is -2.34. The highest BCUT2D eigenvalue weighted by molar-refractivity contribution is 6.03. The zero-order valence-electron chi connectivity index (χ0n) is 17.6. The summed E-state index contributed by atoms with van der Waals surface area (Å²) in [7, 11) is 1.51. The lowest BCUT2D eigenvalue weighted by molar-refractivity contribution is -0.128. The number of hydrogen-bond donors (Lipinski definition) is 2. The van der Waals surface area contributed by atoms with Crippen LogP contribution in [0.25, 0.3) is 0 Å². The van der Waals surface area contributed by atoms with Crippen molar-refractivity contribution in [1.82, 2.24) is 9.88 Å². The number of amides is 2. The van der Waals surface area contributed by atoms with Gasteiger partial charge in [0, 0.05) is 18.3 Å². The summed E-state index contributed by atoms with van der Waals surface area (Å²) in [6.07, 6.45) is 5.13. The summed E-state index contributed by atoms with van der Waals surface area (Å²) in [4.78, 5) is 34.4. The van der Waals surface area contributed by atoms with Crippen molar-refractivity contribution < 1.29 is 18.7 Å². The molecule has 1 aromatic carbocycles. The molecule has 3 rings (SSSR count). The predicted octanol–water partition coefficient (Wildman–Crippen LogP) is 2.82. The Hall–Kier alpha value is -3.75. The van der Waals surface area contributed by atoms with Crippen molar-refractivity contribution in [3.8, 4) is 5.75 Å². The third kappa shape index (κ3) is 4.88. The van der Waals surface area contributed by atoms with Crippen LogP contribution in [0.5, 0.6) is 5.75 Å². The van der Waals surface area contributed by atoms with Gasteiger partial charge in [-0.05, 0) is 44.2 Å². The molecule has 1 atom stereocenters. The number of nitrogens with two attached hydrogens (primary N) is 1. The van der Waals surface area contributed by atoms with Gasteiger partial charge in [-0.1, -0.05) is 12.2 Å². The molecular formula is C22H24FN5O3. The minimum Gasteiger partial charge on any atom is -0.488 e. The highest BCUT2D eigenvalue weighted by atomic mass is 19.1. The maximum atomic E-state index is 14.6. The van der Waals surface area contributed by atoms with Crippen LogP contribution in [0.4, 0.5) is 10.1 Å². The summed E-state index contributed by atoms with van der Waals surface area (Å²) in [5, 5.41) is 2.69. The van der Waals surface area contributed by atoms with Crippen molar-refractivity contribution in [3.63, 3.8) is 0 Å². The Labute approximate surface area is 179 Å². The number of halogens is 1. The van der Waals surface area contributed by atoms with Crippen LogP contribution >= 0.6 is 0 Å². The van der Waals surface area contributed by atoms with Crippen molar-refractivity contribution in [1.29, 1.82) is 0 Å². The summed E-state index contributed by atoms with van der Waals surface area (Å²) >= 11 is 0. The summed E-state index contributed by atoms with van der Waals surface area (Å²) < 4.78 is 20.1. The Kier molecular flexibility index (Phi) is 6.33. The normalized spacial score (nSPS) is 18.8. The van der Waals surface area contributed by atoms with Crippen molar-refractivity contribution in [2.45, 2.75) is 25.8 Å². The number of pyridine rings is 1. The summed E-state index contributed by atoms with van der Waals surface area (Å²) in [5.41, 5.74) is 5.32. The monoisotopic (exact) mass is 425 g/mol. The number of hydrogen-bond acceptors (Lipinski definition) is 6. The average molecular weight is 425 g/mol. The van der Waals surface area contributed by atoms with Gasteiger partial charge in [-0.2, -0.15) is 0 Å². The molecule has 9 heteroatoms. The largest absolute Gasteiger partial charge is 0.488 e. The zero-order chi connectivity index (χ0) is 22.6. The van der Waals surface area contributed by atoms with E-state index >= 15 is 0 Å². The molecule has 0 radical (unpaired) electrons. The molecule has 0 saturated heterocycles. The first-order valence-electron chi connectivity index (χ1n) is 9.67. The van der Waals surface area contributed by atoms with E-state index in [1.165, 1.54) is 42.4 Å². The van der Waals surface area contributed by atoms with Crippen LogP contribution < -0.4 is 15.8 Å². The Bertz CT molecular complexity index is 1050. The van der Waals surface area contributed by atoms with E-state index in [4.69, 9.17) is 10.5 Å². The molecule has 0 fully saturated rings. The van der Waals surface area contributed by atoms with E-state index in [0.29, 0.717) is 18.0 Å². The molecular weight excluding hydrogens is 401 g/mol. The molecule has 162 valence electrons. The Morgan fingerprint density at radius 3 is 2.81 bits per heavy atom. The maximum absolute atomic E-state index is 14.6. The molecule has 2 amide bonds. The number of carbonyl (C=O) groups excluding carboxylic acids is 2. The van der Waals surface area contributed by atoms with Gasteiger partial charge in [0.05, 0.1) is 18.2 Å². The van der Waals surface area contributed by atoms with E-state index in [9.17, 15) is 14.0 Å². The molecule has 1 aliphatic rings. The van der Waals surface area contributed by atoms with Crippen LogP contribution in [-0.4, -0.2) is 41.3 Å². The Morgan fingerprint density at radius 1 is 1.39 bits per heavy atom. The first-order chi connectivity index (χ1) is 14.7. The molecule has 0 saturated carbocycles. The molecule has 3 N–H and O–H groups in total. The summed E-state index contributed by atoms with van der Waals surface area (Å²) in [6, 6.07) is 7.28. The van der Waals surface area contributed by atoms with Crippen LogP contribution in [0.2, 0.25) is 0 Å². The number of rotatable bonds is 6. The first-order valence-corrected chi connectivity index (χ1v) is 9.67. The lowest BCUT2D eigenvalue weighted by Crippen LogP contribution is -2.47. The smallest absolute Gasteiger partial charge is 0.274 e. The second kappa shape index (κ2) is 8.95. The van der Waals surface area contributed by atoms with Gasteiger partial charge in [0.2, 0.25) is 5.91 Å². The molecule has 31 heavy (non-hydrogen) atoms. The van der Waals surface area contributed by atoms with Crippen LogP contribution in [0.1, 0.15) is 36.3 Å². The van der Waals surface area contributed by atoms with Crippen LogP contribution in [-0.2, 0) is 10.3 Å². The van der Waals surface area contributed by atoms with Gasteiger partial charge in [-0.3, -0.25) is 14.5 Å². The molecule has 0 aliphatic carbocycles. The highest BCUT2D eigenvalue weighted by Crippen LogP contribution is 2.35.